The fourth-order valence-electron chi connectivity index (χ4n) is 4.91. The maximum Gasteiger partial charge on any atom is 0.290 e. The highest BCUT2D eigenvalue weighted by Crippen LogP contribution is 2.38. The van der Waals surface area contributed by atoms with Crippen molar-refractivity contribution in [2.45, 2.75) is 32.4 Å². The minimum absolute atomic E-state index is 0.135. The SMILES string of the molecule is CCc1ccc2oc3c(c(=O)c2c1)C(c1ccc(OCc2ccccc2)cc1)N(CCCN(C)C)C3=O. The molecule has 1 unspecified atom stereocenters. The maximum atomic E-state index is 13.8. The predicted octanol–water partition coefficient (Wildman–Crippen LogP) is 5.43. The Morgan fingerprint density at radius 2 is 1.70 bits per heavy atom. The number of carbonyl (C=O) groups excluding carboxylic acids is 1. The zero-order chi connectivity index (χ0) is 25.9. The van der Waals surface area contributed by atoms with Crippen LogP contribution in [-0.4, -0.2) is 42.9 Å². The third-order valence-corrected chi connectivity index (χ3v) is 6.89. The van der Waals surface area contributed by atoms with Gasteiger partial charge in [0.1, 0.15) is 17.9 Å². The summed E-state index contributed by atoms with van der Waals surface area (Å²) in [7, 11) is 4.02. The van der Waals surface area contributed by atoms with Crippen LogP contribution in [0.5, 0.6) is 5.75 Å². The second kappa shape index (κ2) is 10.6. The van der Waals surface area contributed by atoms with Crippen LogP contribution in [0.1, 0.15) is 52.2 Å². The van der Waals surface area contributed by atoms with Crippen LogP contribution in [0.25, 0.3) is 11.0 Å². The van der Waals surface area contributed by atoms with E-state index in [1.165, 1.54) is 0 Å². The van der Waals surface area contributed by atoms with Gasteiger partial charge in [-0.05, 0) is 74.4 Å². The molecule has 5 rings (SSSR count). The Morgan fingerprint density at radius 3 is 2.41 bits per heavy atom. The summed E-state index contributed by atoms with van der Waals surface area (Å²) in [6.45, 7) is 3.88. The number of nitrogens with zero attached hydrogens (tertiary/aromatic N) is 2. The lowest BCUT2D eigenvalue weighted by atomic mass is 9.97. The van der Waals surface area contributed by atoms with Gasteiger partial charge in [0.05, 0.1) is 17.0 Å². The first-order valence-electron chi connectivity index (χ1n) is 12.8. The van der Waals surface area contributed by atoms with Crippen LogP contribution >= 0.6 is 0 Å². The largest absolute Gasteiger partial charge is 0.489 e. The molecule has 190 valence electrons. The summed E-state index contributed by atoms with van der Waals surface area (Å²) in [5, 5.41) is 0.522. The van der Waals surface area contributed by atoms with Gasteiger partial charge in [0.15, 0.2) is 5.43 Å². The van der Waals surface area contributed by atoms with Crippen molar-refractivity contribution in [2.75, 3.05) is 27.2 Å². The van der Waals surface area contributed by atoms with Crippen LogP contribution in [0.2, 0.25) is 0 Å². The Labute approximate surface area is 217 Å². The van der Waals surface area contributed by atoms with E-state index in [4.69, 9.17) is 9.15 Å². The molecule has 1 aromatic heterocycles. The average Bonchev–Trinajstić information content (AvgIpc) is 3.19. The molecular formula is C31H32N2O4. The van der Waals surface area contributed by atoms with E-state index in [2.05, 4.69) is 11.8 Å². The van der Waals surface area contributed by atoms with Crippen molar-refractivity contribution >= 4 is 16.9 Å². The molecule has 37 heavy (non-hydrogen) atoms. The van der Waals surface area contributed by atoms with Gasteiger partial charge in [0.2, 0.25) is 5.76 Å². The van der Waals surface area contributed by atoms with E-state index in [0.29, 0.717) is 29.7 Å². The number of carbonyl (C=O) groups is 1. The molecule has 0 spiro atoms. The van der Waals surface area contributed by atoms with Gasteiger partial charge < -0.3 is 19.0 Å². The highest BCUT2D eigenvalue weighted by molar-refractivity contribution is 5.99. The summed E-state index contributed by atoms with van der Waals surface area (Å²) in [4.78, 5) is 31.2. The molecule has 1 aliphatic rings. The van der Waals surface area contributed by atoms with E-state index < -0.39 is 6.04 Å². The highest BCUT2D eigenvalue weighted by Gasteiger charge is 2.42. The Balaban J connectivity index is 1.51. The first kappa shape index (κ1) is 24.8. The summed E-state index contributed by atoms with van der Waals surface area (Å²) < 4.78 is 12.1. The average molecular weight is 497 g/mol. The molecule has 0 saturated carbocycles. The predicted molar refractivity (Wildman–Crippen MR) is 145 cm³/mol. The summed E-state index contributed by atoms with van der Waals surface area (Å²) in [6.07, 6.45) is 1.60. The van der Waals surface area contributed by atoms with Crippen LogP contribution < -0.4 is 10.2 Å². The van der Waals surface area contributed by atoms with E-state index in [1.54, 1.807) is 11.0 Å². The van der Waals surface area contributed by atoms with Crippen LogP contribution in [0.4, 0.5) is 0 Å². The minimum atomic E-state index is -0.501. The number of ether oxygens (including phenoxy) is 1. The van der Waals surface area contributed by atoms with Gasteiger partial charge in [-0.3, -0.25) is 9.59 Å². The fraction of sp³-hybridized carbons (Fsp3) is 0.290. The van der Waals surface area contributed by atoms with Crippen LogP contribution in [0.15, 0.2) is 82.0 Å². The lowest BCUT2D eigenvalue weighted by Gasteiger charge is -2.26. The monoisotopic (exact) mass is 496 g/mol. The molecule has 1 amide bonds. The van der Waals surface area contributed by atoms with Gasteiger partial charge in [-0.25, -0.2) is 0 Å². The molecule has 0 aliphatic carbocycles. The number of benzene rings is 3. The first-order chi connectivity index (χ1) is 18.0. The molecule has 2 heterocycles. The summed E-state index contributed by atoms with van der Waals surface area (Å²) >= 11 is 0. The van der Waals surface area contributed by atoms with Crippen LogP contribution in [0.3, 0.4) is 0 Å². The maximum absolute atomic E-state index is 13.8. The molecule has 1 atom stereocenters. The standard InChI is InChI=1S/C31H32N2O4/c1-4-21-11-16-26-25(19-21)29(34)27-28(33(18-8-17-32(2)3)31(35)30(27)37-26)23-12-14-24(15-13-23)36-20-22-9-6-5-7-10-22/h5-7,9-16,19,28H,4,8,17-18,20H2,1-3H3. The van der Waals surface area contributed by atoms with E-state index >= 15 is 0 Å². The summed E-state index contributed by atoms with van der Waals surface area (Å²) in [6, 6.07) is 22.8. The van der Waals surface area contributed by atoms with Crippen LogP contribution in [0, 0.1) is 0 Å². The minimum Gasteiger partial charge on any atom is -0.489 e. The van der Waals surface area contributed by atoms with Crippen molar-refractivity contribution < 1.29 is 13.9 Å². The molecular weight excluding hydrogens is 464 g/mol. The highest BCUT2D eigenvalue weighted by atomic mass is 16.5. The lowest BCUT2D eigenvalue weighted by Crippen LogP contribution is -2.32. The third-order valence-electron chi connectivity index (χ3n) is 6.89. The quantitative estimate of drug-likeness (QED) is 0.309. The summed E-state index contributed by atoms with van der Waals surface area (Å²) in [5.74, 6) is 0.650. The number of fused-ring (bicyclic) bond motifs is 2. The van der Waals surface area contributed by atoms with Crippen molar-refractivity contribution in [3.8, 4) is 5.75 Å². The molecule has 0 bridgehead atoms. The Bertz CT molecular complexity index is 1460. The molecule has 0 fully saturated rings. The van der Waals surface area contributed by atoms with Gasteiger partial charge in [0.25, 0.3) is 5.91 Å². The molecule has 6 heteroatoms. The Kier molecular flexibility index (Phi) is 7.10. The second-order valence-corrected chi connectivity index (χ2v) is 9.76. The number of amides is 1. The van der Waals surface area contributed by atoms with Crippen molar-refractivity contribution in [3.05, 3.63) is 111 Å². The number of rotatable bonds is 9. The van der Waals surface area contributed by atoms with Crippen molar-refractivity contribution in [2.24, 2.45) is 0 Å². The zero-order valence-electron chi connectivity index (χ0n) is 21.6. The molecule has 6 nitrogen and oxygen atoms in total. The Hall–Kier alpha value is -3.90. The molecule has 1 aliphatic heterocycles. The topological polar surface area (TPSA) is 63.0 Å². The first-order valence-corrected chi connectivity index (χ1v) is 12.8. The number of hydrogen-bond acceptors (Lipinski definition) is 5. The molecule has 4 aromatic rings. The molecule has 3 aromatic carbocycles. The van der Waals surface area contributed by atoms with Gasteiger partial charge in [-0.1, -0.05) is 55.5 Å². The van der Waals surface area contributed by atoms with Gasteiger partial charge in [-0.15, -0.1) is 0 Å². The fourth-order valence-corrected chi connectivity index (χ4v) is 4.91. The lowest BCUT2D eigenvalue weighted by molar-refractivity contribution is 0.0722. The van der Waals surface area contributed by atoms with Gasteiger partial charge >= 0.3 is 0 Å². The summed E-state index contributed by atoms with van der Waals surface area (Å²) in [5.41, 5.74) is 3.75. The van der Waals surface area contributed by atoms with Crippen LogP contribution in [-0.2, 0) is 13.0 Å². The Morgan fingerprint density at radius 1 is 0.946 bits per heavy atom. The van der Waals surface area contributed by atoms with Crippen molar-refractivity contribution in [3.63, 3.8) is 0 Å². The van der Waals surface area contributed by atoms with E-state index in [9.17, 15) is 9.59 Å². The van der Waals surface area contributed by atoms with Gasteiger partial charge in [0, 0.05) is 6.54 Å². The van der Waals surface area contributed by atoms with Crippen molar-refractivity contribution in [1.82, 2.24) is 9.80 Å². The van der Waals surface area contributed by atoms with Crippen molar-refractivity contribution in [1.29, 1.82) is 0 Å². The van der Waals surface area contributed by atoms with E-state index in [-0.39, 0.29) is 17.1 Å². The third kappa shape index (κ3) is 5.02. The molecule has 0 radical (unpaired) electrons. The van der Waals surface area contributed by atoms with Gasteiger partial charge in [-0.2, -0.15) is 0 Å². The van der Waals surface area contributed by atoms with E-state index in [1.807, 2.05) is 80.8 Å². The normalized spacial score (nSPS) is 15.0. The smallest absolute Gasteiger partial charge is 0.290 e. The number of aryl methyl sites for hydroxylation is 1. The molecule has 0 saturated heterocycles. The molecule has 0 N–H and O–H groups in total. The second-order valence-electron chi connectivity index (χ2n) is 9.76. The van der Waals surface area contributed by atoms with E-state index in [0.717, 1.165) is 41.8 Å². The zero-order valence-corrected chi connectivity index (χ0v) is 21.6. The number of hydrogen-bond donors (Lipinski definition) is 0.